The number of pyridine rings is 1. The molecule has 1 unspecified atom stereocenters. The minimum Gasteiger partial charge on any atom is -0.384 e. The number of anilines is 2. The Balaban J connectivity index is 2.18. The van der Waals surface area contributed by atoms with Gasteiger partial charge in [0.2, 0.25) is 0 Å². The maximum atomic E-state index is 5.81. The first-order valence-electron chi connectivity index (χ1n) is 6.85. The minimum atomic E-state index is 0.110. The zero-order valence-corrected chi connectivity index (χ0v) is 12.5. The number of hydrogen-bond donors (Lipinski definition) is 1. The fraction of sp³-hybridized carbons (Fsp3) is 0.643. The average Bonchev–Trinajstić information content (AvgIpc) is 2.39. The van der Waals surface area contributed by atoms with Crippen LogP contribution in [0.2, 0.25) is 0 Å². The SMILES string of the molecule is COCC1CN(c2ccc(N)nc2CN(C)C)CCO1. The van der Waals surface area contributed by atoms with Gasteiger partial charge in [-0.15, -0.1) is 0 Å². The van der Waals surface area contributed by atoms with Crippen LogP contribution >= 0.6 is 0 Å². The fourth-order valence-electron chi connectivity index (χ4n) is 2.44. The van der Waals surface area contributed by atoms with Crippen LogP contribution < -0.4 is 10.6 Å². The molecular formula is C14H24N4O2. The lowest BCUT2D eigenvalue weighted by Gasteiger charge is -2.35. The topological polar surface area (TPSA) is 63.9 Å². The van der Waals surface area contributed by atoms with E-state index in [4.69, 9.17) is 15.2 Å². The van der Waals surface area contributed by atoms with Gasteiger partial charge in [0.25, 0.3) is 0 Å². The summed E-state index contributed by atoms with van der Waals surface area (Å²) in [6.07, 6.45) is 0.110. The van der Waals surface area contributed by atoms with Crippen LogP contribution in [0.3, 0.4) is 0 Å². The Hall–Kier alpha value is -1.37. The summed E-state index contributed by atoms with van der Waals surface area (Å²) in [6.45, 7) is 3.78. The smallest absolute Gasteiger partial charge is 0.123 e. The quantitative estimate of drug-likeness (QED) is 0.851. The van der Waals surface area contributed by atoms with E-state index in [2.05, 4.69) is 20.9 Å². The maximum Gasteiger partial charge on any atom is 0.123 e. The summed E-state index contributed by atoms with van der Waals surface area (Å²) < 4.78 is 10.9. The average molecular weight is 280 g/mol. The number of aromatic nitrogens is 1. The van der Waals surface area contributed by atoms with E-state index in [0.717, 1.165) is 31.0 Å². The van der Waals surface area contributed by atoms with Crippen molar-refractivity contribution in [1.29, 1.82) is 0 Å². The molecule has 0 aliphatic carbocycles. The molecule has 1 aromatic heterocycles. The summed E-state index contributed by atoms with van der Waals surface area (Å²) in [4.78, 5) is 8.88. The van der Waals surface area contributed by atoms with E-state index in [0.29, 0.717) is 19.0 Å². The van der Waals surface area contributed by atoms with Crippen LogP contribution in [0.5, 0.6) is 0 Å². The molecule has 1 aromatic rings. The normalized spacial score (nSPS) is 19.6. The summed E-state index contributed by atoms with van der Waals surface area (Å²) in [5.74, 6) is 0.562. The summed E-state index contributed by atoms with van der Waals surface area (Å²) in [5.41, 5.74) is 7.96. The Bertz CT molecular complexity index is 437. The third-order valence-electron chi connectivity index (χ3n) is 3.27. The highest BCUT2D eigenvalue weighted by molar-refractivity contribution is 5.54. The van der Waals surface area contributed by atoms with Gasteiger partial charge in [-0.1, -0.05) is 0 Å². The molecule has 6 heteroatoms. The second kappa shape index (κ2) is 6.88. The van der Waals surface area contributed by atoms with Gasteiger partial charge in [0, 0.05) is 26.7 Å². The predicted octanol–water partition coefficient (Wildman–Crippen LogP) is 0.577. The van der Waals surface area contributed by atoms with Gasteiger partial charge >= 0.3 is 0 Å². The van der Waals surface area contributed by atoms with Crippen LogP contribution in [0.4, 0.5) is 11.5 Å². The molecule has 1 saturated heterocycles. The second-order valence-electron chi connectivity index (χ2n) is 5.33. The fourth-order valence-corrected chi connectivity index (χ4v) is 2.44. The number of morpholine rings is 1. The van der Waals surface area contributed by atoms with E-state index in [1.165, 1.54) is 0 Å². The molecule has 2 rings (SSSR count). The molecule has 20 heavy (non-hydrogen) atoms. The monoisotopic (exact) mass is 280 g/mol. The molecule has 2 N–H and O–H groups in total. The minimum absolute atomic E-state index is 0.110. The van der Waals surface area contributed by atoms with Crippen LogP contribution in [-0.4, -0.2) is 63.5 Å². The zero-order valence-electron chi connectivity index (χ0n) is 12.5. The van der Waals surface area contributed by atoms with Crippen molar-refractivity contribution < 1.29 is 9.47 Å². The van der Waals surface area contributed by atoms with Crippen molar-refractivity contribution in [3.63, 3.8) is 0 Å². The number of nitrogens with two attached hydrogens (primary N) is 1. The van der Waals surface area contributed by atoms with Crippen LogP contribution in [0.25, 0.3) is 0 Å². The Kier molecular flexibility index (Phi) is 5.17. The first-order chi connectivity index (χ1) is 9.60. The zero-order chi connectivity index (χ0) is 14.5. The highest BCUT2D eigenvalue weighted by atomic mass is 16.5. The van der Waals surface area contributed by atoms with Crippen LogP contribution in [0.1, 0.15) is 5.69 Å². The van der Waals surface area contributed by atoms with E-state index in [1.807, 2.05) is 20.2 Å². The molecule has 1 fully saturated rings. The molecule has 1 aliphatic rings. The van der Waals surface area contributed by atoms with Crippen molar-refractivity contribution >= 4 is 11.5 Å². The largest absolute Gasteiger partial charge is 0.384 e. The third kappa shape index (κ3) is 3.82. The Morgan fingerprint density at radius 3 is 3.00 bits per heavy atom. The number of methoxy groups -OCH3 is 1. The number of nitrogens with zero attached hydrogens (tertiary/aromatic N) is 3. The van der Waals surface area contributed by atoms with Gasteiger partial charge in [0.1, 0.15) is 5.82 Å². The summed E-state index contributed by atoms with van der Waals surface area (Å²) in [7, 11) is 5.76. The molecule has 0 aromatic carbocycles. The van der Waals surface area contributed by atoms with Crippen molar-refractivity contribution in [3.05, 3.63) is 17.8 Å². The maximum absolute atomic E-state index is 5.81. The molecule has 0 radical (unpaired) electrons. The molecule has 6 nitrogen and oxygen atoms in total. The number of ether oxygens (including phenoxy) is 2. The van der Waals surface area contributed by atoms with Gasteiger partial charge in [0.15, 0.2) is 0 Å². The van der Waals surface area contributed by atoms with E-state index in [9.17, 15) is 0 Å². The highest BCUT2D eigenvalue weighted by Gasteiger charge is 2.23. The lowest BCUT2D eigenvalue weighted by molar-refractivity contribution is -0.0101. The van der Waals surface area contributed by atoms with E-state index in [-0.39, 0.29) is 6.10 Å². The van der Waals surface area contributed by atoms with Gasteiger partial charge in [-0.3, -0.25) is 0 Å². The molecule has 0 bridgehead atoms. The molecule has 0 spiro atoms. The van der Waals surface area contributed by atoms with E-state index >= 15 is 0 Å². The van der Waals surface area contributed by atoms with E-state index < -0.39 is 0 Å². The van der Waals surface area contributed by atoms with E-state index in [1.54, 1.807) is 7.11 Å². The van der Waals surface area contributed by atoms with Gasteiger partial charge in [-0.2, -0.15) is 0 Å². The third-order valence-corrected chi connectivity index (χ3v) is 3.27. The number of rotatable bonds is 5. The molecule has 2 heterocycles. The van der Waals surface area contributed by atoms with Crippen LogP contribution in [-0.2, 0) is 16.0 Å². The van der Waals surface area contributed by atoms with Crippen molar-refractivity contribution in [2.45, 2.75) is 12.6 Å². The second-order valence-corrected chi connectivity index (χ2v) is 5.33. The summed E-state index contributed by atoms with van der Waals surface area (Å²) >= 11 is 0. The molecule has 0 saturated carbocycles. The Morgan fingerprint density at radius 2 is 2.30 bits per heavy atom. The van der Waals surface area contributed by atoms with Gasteiger partial charge < -0.3 is 25.0 Å². The Labute approximate surface area is 120 Å². The molecule has 1 atom stereocenters. The number of hydrogen-bond acceptors (Lipinski definition) is 6. The van der Waals surface area contributed by atoms with Crippen molar-refractivity contribution in [1.82, 2.24) is 9.88 Å². The van der Waals surface area contributed by atoms with Crippen LogP contribution in [0, 0.1) is 0 Å². The van der Waals surface area contributed by atoms with Crippen molar-refractivity contribution in [3.8, 4) is 0 Å². The number of nitrogen functional groups attached to an aromatic ring is 1. The lowest BCUT2D eigenvalue weighted by Crippen LogP contribution is -2.45. The first kappa shape index (κ1) is 15.0. The molecule has 1 aliphatic heterocycles. The standard InChI is InChI=1S/C14H24N4O2/c1-17(2)9-12-13(4-5-14(15)16-12)18-6-7-20-11(8-18)10-19-3/h4-5,11H,6-10H2,1-3H3,(H2,15,16). The van der Waals surface area contributed by atoms with Crippen molar-refractivity contribution in [2.75, 3.05) is 58.1 Å². The molecular weight excluding hydrogens is 256 g/mol. The lowest BCUT2D eigenvalue weighted by atomic mass is 10.2. The summed E-state index contributed by atoms with van der Waals surface area (Å²) in [5, 5.41) is 0. The molecule has 0 amide bonds. The molecule has 112 valence electrons. The first-order valence-corrected chi connectivity index (χ1v) is 6.85. The van der Waals surface area contributed by atoms with Gasteiger partial charge in [-0.25, -0.2) is 4.98 Å². The van der Waals surface area contributed by atoms with Gasteiger partial charge in [-0.05, 0) is 26.2 Å². The van der Waals surface area contributed by atoms with Crippen molar-refractivity contribution in [2.24, 2.45) is 0 Å². The van der Waals surface area contributed by atoms with Gasteiger partial charge in [0.05, 0.1) is 30.7 Å². The summed E-state index contributed by atoms with van der Waals surface area (Å²) in [6, 6.07) is 3.91. The van der Waals surface area contributed by atoms with Crippen LogP contribution in [0.15, 0.2) is 12.1 Å². The highest BCUT2D eigenvalue weighted by Crippen LogP contribution is 2.23. The Morgan fingerprint density at radius 1 is 1.50 bits per heavy atom. The predicted molar refractivity (Wildman–Crippen MR) is 79.9 cm³/mol.